The van der Waals surface area contributed by atoms with E-state index in [1.807, 2.05) is 31.2 Å². The second kappa shape index (κ2) is 7.38. The number of hydrogen-bond acceptors (Lipinski definition) is 5. The summed E-state index contributed by atoms with van der Waals surface area (Å²) in [6.07, 6.45) is 1.58. The highest BCUT2D eigenvalue weighted by Gasteiger charge is 2.38. The van der Waals surface area contributed by atoms with Crippen LogP contribution in [-0.4, -0.2) is 32.2 Å². The number of benzene rings is 1. The van der Waals surface area contributed by atoms with Crippen molar-refractivity contribution in [2.75, 3.05) is 0 Å². The van der Waals surface area contributed by atoms with Crippen LogP contribution in [0.1, 0.15) is 18.2 Å². The van der Waals surface area contributed by atoms with Gasteiger partial charge in [-0.1, -0.05) is 46.0 Å². The lowest BCUT2D eigenvalue weighted by molar-refractivity contribution is -0.144. The summed E-state index contributed by atoms with van der Waals surface area (Å²) < 4.78 is 6.97. The van der Waals surface area contributed by atoms with Gasteiger partial charge in [-0.2, -0.15) is 0 Å². The number of hydrogen-bond donors (Lipinski definition) is 1. The molecule has 26 heavy (non-hydrogen) atoms. The zero-order chi connectivity index (χ0) is 19.0. The van der Waals surface area contributed by atoms with Crippen LogP contribution >= 0.6 is 39.9 Å². The number of amides is 1. The number of carbonyl (C=O) groups is 2. The number of thioether (sulfide) groups is 1. The molecule has 8 heteroatoms. The molecule has 1 aliphatic heterocycles. The topological polar surface area (TPSA) is 70.8 Å². The molecule has 1 fully saturated rings. The summed E-state index contributed by atoms with van der Waals surface area (Å²) in [5.41, 5.74) is 2.03. The van der Waals surface area contributed by atoms with E-state index in [4.69, 9.17) is 21.7 Å². The molecule has 1 unspecified atom stereocenters. The molecule has 1 amide bonds. The maximum Gasteiger partial charge on any atom is 0.326 e. The zero-order valence-corrected chi connectivity index (χ0v) is 17.1. The van der Waals surface area contributed by atoms with Gasteiger partial charge in [0.1, 0.15) is 21.9 Å². The molecule has 1 aromatic heterocycles. The van der Waals surface area contributed by atoms with Gasteiger partial charge in [-0.05, 0) is 43.7 Å². The third-order valence-corrected chi connectivity index (χ3v) is 5.84. The molecule has 0 spiro atoms. The first-order chi connectivity index (χ1) is 12.3. The average Bonchev–Trinajstić information content (AvgIpc) is 3.12. The van der Waals surface area contributed by atoms with E-state index >= 15 is 0 Å². The standard InChI is InChI=1S/C18H14BrNO4S2/c1-9-3-5-12(13(19)7-9)14-6-4-11(24-14)8-15-16(21)20(18(25)26-15)10(2)17(22)23/h3-8,10H,1-2H3,(H,22,23)/b15-8-. The fraction of sp³-hybridized carbons (Fsp3) is 0.167. The number of carbonyl (C=O) groups excluding carboxylic acids is 1. The van der Waals surface area contributed by atoms with Crippen molar-refractivity contribution in [3.8, 4) is 11.3 Å². The van der Waals surface area contributed by atoms with Gasteiger partial charge in [0.15, 0.2) is 0 Å². The van der Waals surface area contributed by atoms with Crippen LogP contribution in [0.3, 0.4) is 0 Å². The van der Waals surface area contributed by atoms with Crippen LogP contribution < -0.4 is 0 Å². The van der Waals surface area contributed by atoms with Crippen LogP contribution in [-0.2, 0) is 9.59 Å². The summed E-state index contributed by atoms with van der Waals surface area (Å²) in [5.74, 6) is -0.370. The molecule has 1 N–H and O–H groups in total. The predicted octanol–water partition coefficient (Wildman–Crippen LogP) is 4.69. The van der Waals surface area contributed by atoms with Crippen LogP contribution in [0.5, 0.6) is 0 Å². The lowest BCUT2D eigenvalue weighted by Crippen LogP contribution is -2.41. The van der Waals surface area contributed by atoms with Gasteiger partial charge < -0.3 is 9.52 Å². The molecule has 0 radical (unpaired) electrons. The van der Waals surface area contributed by atoms with Crippen molar-refractivity contribution in [2.45, 2.75) is 19.9 Å². The number of nitrogens with zero attached hydrogens (tertiary/aromatic N) is 1. The number of halogens is 1. The maximum atomic E-state index is 12.5. The number of furan rings is 1. The average molecular weight is 452 g/mol. The van der Waals surface area contributed by atoms with E-state index < -0.39 is 17.9 Å². The Balaban J connectivity index is 1.88. The highest BCUT2D eigenvalue weighted by Crippen LogP contribution is 2.36. The first-order valence-electron chi connectivity index (χ1n) is 7.64. The minimum Gasteiger partial charge on any atom is -0.480 e. The molecule has 0 aliphatic carbocycles. The van der Waals surface area contributed by atoms with Crippen molar-refractivity contribution < 1.29 is 19.1 Å². The molecular formula is C18H14BrNO4S2. The first kappa shape index (κ1) is 18.9. The summed E-state index contributed by atoms with van der Waals surface area (Å²) in [5, 5.41) is 9.12. The molecule has 0 bridgehead atoms. The van der Waals surface area contributed by atoms with Gasteiger partial charge in [0, 0.05) is 16.1 Å². The fourth-order valence-corrected chi connectivity index (χ4v) is 4.54. The number of carboxylic acids is 1. The molecule has 0 saturated carbocycles. The van der Waals surface area contributed by atoms with Crippen molar-refractivity contribution in [1.82, 2.24) is 4.90 Å². The zero-order valence-electron chi connectivity index (χ0n) is 13.9. The molecule has 3 rings (SSSR count). The Hall–Kier alpha value is -1.90. The van der Waals surface area contributed by atoms with Crippen LogP contribution in [0.25, 0.3) is 17.4 Å². The smallest absolute Gasteiger partial charge is 0.326 e. The lowest BCUT2D eigenvalue weighted by Gasteiger charge is -2.18. The highest BCUT2D eigenvalue weighted by atomic mass is 79.9. The van der Waals surface area contributed by atoms with Gasteiger partial charge in [0.2, 0.25) is 0 Å². The second-order valence-corrected chi connectivity index (χ2v) is 8.28. The quantitative estimate of drug-likeness (QED) is 0.536. The molecule has 1 aliphatic rings. The number of aryl methyl sites for hydroxylation is 1. The number of thiocarbonyl (C=S) groups is 1. The van der Waals surface area contributed by atoms with E-state index in [0.29, 0.717) is 16.4 Å². The third kappa shape index (κ3) is 3.62. The largest absolute Gasteiger partial charge is 0.480 e. The molecule has 1 atom stereocenters. The second-order valence-electron chi connectivity index (χ2n) is 5.75. The van der Waals surface area contributed by atoms with E-state index in [1.165, 1.54) is 6.92 Å². The predicted molar refractivity (Wildman–Crippen MR) is 109 cm³/mol. The summed E-state index contributed by atoms with van der Waals surface area (Å²) in [7, 11) is 0. The molecule has 1 saturated heterocycles. The molecule has 5 nitrogen and oxygen atoms in total. The Bertz CT molecular complexity index is 950. The van der Waals surface area contributed by atoms with Gasteiger partial charge >= 0.3 is 5.97 Å². The highest BCUT2D eigenvalue weighted by molar-refractivity contribution is 9.10. The SMILES string of the molecule is Cc1ccc(-c2ccc(/C=C3\SC(=S)N(C(C)C(=O)O)C3=O)o2)c(Br)c1. The van der Waals surface area contributed by atoms with Crippen molar-refractivity contribution >= 4 is 62.2 Å². The molecule has 2 heterocycles. The van der Waals surface area contributed by atoms with Gasteiger partial charge in [-0.15, -0.1) is 0 Å². The number of rotatable bonds is 4. The summed E-state index contributed by atoms with van der Waals surface area (Å²) >= 11 is 9.74. The molecule has 2 aromatic rings. The van der Waals surface area contributed by atoms with Crippen molar-refractivity contribution in [2.24, 2.45) is 0 Å². The molecule has 1 aromatic carbocycles. The molecule has 134 valence electrons. The maximum absolute atomic E-state index is 12.5. The minimum atomic E-state index is -1.10. The Kier molecular flexibility index (Phi) is 5.36. The van der Waals surface area contributed by atoms with Crippen LogP contribution in [0.2, 0.25) is 0 Å². The minimum absolute atomic E-state index is 0.226. The number of carboxylic acid groups (broad SMARTS) is 1. The lowest BCUT2D eigenvalue weighted by atomic mass is 10.1. The third-order valence-electron chi connectivity index (χ3n) is 3.86. The molecular weight excluding hydrogens is 438 g/mol. The normalized spacial score (nSPS) is 17.2. The van der Waals surface area contributed by atoms with E-state index in [-0.39, 0.29) is 4.32 Å². The Labute approximate surface area is 168 Å². The van der Waals surface area contributed by atoms with E-state index in [0.717, 1.165) is 32.3 Å². The van der Waals surface area contributed by atoms with Crippen LogP contribution in [0, 0.1) is 6.92 Å². The Morgan fingerprint density at radius 2 is 2.12 bits per heavy atom. The summed E-state index contributed by atoms with van der Waals surface area (Å²) in [6.45, 7) is 3.43. The van der Waals surface area contributed by atoms with Gasteiger partial charge in [0.25, 0.3) is 5.91 Å². The first-order valence-corrected chi connectivity index (χ1v) is 9.66. The monoisotopic (exact) mass is 451 g/mol. The van der Waals surface area contributed by atoms with Crippen molar-refractivity contribution in [3.05, 3.63) is 51.0 Å². The van der Waals surface area contributed by atoms with E-state index in [2.05, 4.69) is 15.9 Å². The van der Waals surface area contributed by atoms with Crippen molar-refractivity contribution in [1.29, 1.82) is 0 Å². The van der Waals surface area contributed by atoms with E-state index in [1.54, 1.807) is 12.1 Å². The van der Waals surface area contributed by atoms with Gasteiger partial charge in [0.05, 0.1) is 4.91 Å². The Morgan fingerprint density at radius 1 is 1.38 bits per heavy atom. The van der Waals surface area contributed by atoms with Gasteiger partial charge in [-0.3, -0.25) is 9.69 Å². The summed E-state index contributed by atoms with van der Waals surface area (Å²) in [6, 6.07) is 8.51. The Morgan fingerprint density at radius 3 is 2.77 bits per heavy atom. The van der Waals surface area contributed by atoms with Crippen LogP contribution in [0.15, 0.2) is 44.1 Å². The summed E-state index contributed by atoms with van der Waals surface area (Å²) in [4.78, 5) is 25.1. The van der Waals surface area contributed by atoms with Crippen LogP contribution in [0.4, 0.5) is 0 Å². The van der Waals surface area contributed by atoms with E-state index in [9.17, 15) is 9.59 Å². The van der Waals surface area contributed by atoms with Crippen molar-refractivity contribution in [3.63, 3.8) is 0 Å². The fourth-order valence-electron chi connectivity index (χ4n) is 2.45. The van der Waals surface area contributed by atoms with Gasteiger partial charge in [-0.25, -0.2) is 4.79 Å². The number of aliphatic carboxylic acids is 1.